The number of ether oxygens (including phenoxy) is 2. The number of amides is 2. The van der Waals surface area contributed by atoms with Gasteiger partial charge in [-0.25, -0.2) is 4.79 Å². The van der Waals surface area contributed by atoms with Gasteiger partial charge in [0, 0.05) is 6.92 Å². The molecule has 2 heterocycles. The van der Waals surface area contributed by atoms with E-state index in [1.165, 1.54) is 13.8 Å². The van der Waals surface area contributed by atoms with E-state index in [-0.39, 0.29) is 11.3 Å². The van der Waals surface area contributed by atoms with Crippen LogP contribution in [0.2, 0.25) is 0 Å². The SMILES string of the molecule is CC(=O)NC1C(C)=C(C(=O)OCC(Cl)(Cl)Cl)N2C(=O)C(Oc3ccccc3)[C@H]2S1=O. The van der Waals surface area contributed by atoms with Gasteiger partial charge in [-0.2, -0.15) is 0 Å². The van der Waals surface area contributed by atoms with E-state index in [0.29, 0.717) is 5.75 Å². The Kier molecular flexibility index (Phi) is 6.66. The number of esters is 1. The number of fused-ring (bicyclic) bond motifs is 1. The first kappa shape index (κ1) is 22.9. The van der Waals surface area contributed by atoms with Crippen LogP contribution in [0.25, 0.3) is 0 Å². The van der Waals surface area contributed by atoms with E-state index in [1.54, 1.807) is 30.3 Å². The van der Waals surface area contributed by atoms with Crippen molar-refractivity contribution in [2.24, 2.45) is 0 Å². The van der Waals surface area contributed by atoms with Crippen LogP contribution in [0.4, 0.5) is 0 Å². The van der Waals surface area contributed by atoms with Crippen LogP contribution >= 0.6 is 34.8 Å². The molecule has 1 aromatic carbocycles. The number of hydrogen-bond donors (Lipinski definition) is 1. The Hall–Kier alpha value is -1.81. The van der Waals surface area contributed by atoms with Crippen molar-refractivity contribution in [2.75, 3.05) is 6.61 Å². The van der Waals surface area contributed by atoms with Crippen molar-refractivity contribution in [3.63, 3.8) is 0 Å². The standard InChI is InChI=1S/C18H17Cl3N2O6S/c1-9-12(17(26)28-8-18(19,20)21)23-15(25)13(29-11-6-4-3-5-7-11)16(23)30(27)14(9)22-10(2)24/h3-7,13-14,16H,8H2,1-2H3,(H,22,24)/t13?,14?,16-,30?/m1/s1. The van der Waals surface area contributed by atoms with Crippen LogP contribution in [-0.2, 0) is 29.9 Å². The van der Waals surface area contributed by atoms with Crippen LogP contribution in [0.5, 0.6) is 5.75 Å². The molecule has 0 bridgehead atoms. The summed E-state index contributed by atoms with van der Waals surface area (Å²) in [5.74, 6) is -1.57. The second-order valence-corrected chi connectivity index (χ2v) is 10.7. The molecule has 3 unspecified atom stereocenters. The number of β-lactam (4-membered cyclic amide) rings is 1. The van der Waals surface area contributed by atoms with E-state index in [1.807, 2.05) is 0 Å². The zero-order valence-electron chi connectivity index (χ0n) is 15.8. The van der Waals surface area contributed by atoms with E-state index in [2.05, 4.69) is 5.32 Å². The molecule has 2 amide bonds. The number of nitrogens with one attached hydrogen (secondary N) is 1. The molecule has 1 fully saturated rings. The summed E-state index contributed by atoms with van der Waals surface area (Å²) in [6, 6.07) is 8.50. The molecule has 2 aliphatic heterocycles. The van der Waals surface area contributed by atoms with E-state index < -0.39 is 55.8 Å². The fourth-order valence-corrected chi connectivity index (χ4v) is 5.13. The number of nitrogens with zero attached hydrogens (tertiary/aromatic N) is 1. The van der Waals surface area contributed by atoms with Crippen LogP contribution in [0.3, 0.4) is 0 Å². The van der Waals surface area contributed by atoms with Crippen LogP contribution in [0, 0.1) is 0 Å². The summed E-state index contributed by atoms with van der Waals surface area (Å²) in [6.07, 6.45) is -1.10. The van der Waals surface area contributed by atoms with Crippen molar-refractivity contribution in [2.45, 2.75) is 34.5 Å². The minimum absolute atomic E-state index is 0.162. The monoisotopic (exact) mass is 494 g/mol. The van der Waals surface area contributed by atoms with Gasteiger partial charge in [-0.3, -0.25) is 18.7 Å². The molecule has 162 valence electrons. The zero-order chi connectivity index (χ0) is 22.2. The molecule has 1 aromatic rings. The Bertz CT molecular complexity index is 934. The second kappa shape index (κ2) is 8.74. The Labute approximate surface area is 189 Å². The molecular formula is C18H17Cl3N2O6S. The maximum absolute atomic E-state index is 13.1. The second-order valence-electron chi connectivity index (χ2n) is 6.58. The summed E-state index contributed by atoms with van der Waals surface area (Å²) in [7, 11) is -1.80. The highest BCUT2D eigenvalue weighted by Crippen LogP contribution is 2.39. The normalized spacial score (nSPS) is 25.9. The van der Waals surface area contributed by atoms with Gasteiger partial charge in [0.1, 0.15) is 23.4 Å². The number of alkyl halides is 3. The Balaban J connectivity index is 1.93. The lowest BCUT2D eigenvalue weighted by molar-refractivity contribution is -0.159. The Morgan fingerprint density at radius 2 is 1.87 bits per heavy atom. The minimum atomic E-state index is -1.85. The fourth-order valence-electron chi connectivity index (χ4n) is 3.11. The average molecular weight is 496 g/mol. The number of benzene rings is 1. The van der Waals surface area contributed by atoms with E-state index >= 15 is 0 Å². The van der Waals surface area contributed by atoms with Gasteiger partial charge in [0.2, 0.25) is 15.8 Å². The van der Waals surface area contributed by atoms with Gasteiger partial charge in [-0.15, -0.1) is 0 Å². The molecule has 0 aliphatic carbocycles. The molecule has 30 heavy (non-hydrogen) atoms. The van der Waals surface area contributed by atoms with Crippen LogP contribution in [0.15, 0.2) is 41.6 Å². The molecule has 1 saturated heterocycles. The van der Waals surface area contributed by atoms with Crippen molar-refractivity contribution in [3.05, 3.63) is 41.6 Å². The fraction of sp³-hybridized carbons (Fsp3) is 0.389. The molecule has 8 nitrogen and oxygen atoms in total. The summed E-state index contributed by atoms with van der Waals surface area (Å²) in [5.41, 5.74) is 0.0334. The lowest BCUT2D eigenvalue weighted by Gasteiger charge is -2.50. The van der Waals surface area contributed by atoms with Gasteiger partial charge in [0.05, 0.1) is 10.8 Å². The quantitative estimate of drug-likeness (QED) is 0.381. The summed E-state index contributed by atoms with van der Waals surface area (Å²) in [6.45, 7) is 2.17. The number of carbonyl (C=O) groups excluding carboxylic acids is 3. The first-order chi connectivity index (χ1) is 14.0. The van der Waals surface area contributed by atoms with Crippen molar-refractivity contribution in [1.29, 1.82) is 0 Å². The molecule has 0 saturated carbocycles. The van der Waals surface area contributed by atoms with Gasteiger partial charge < -0.3 is 14.8 Å². The third-order valence-corrected chi connectivity index (χ3v) is 6.57. The van der Waals surface area contributed by atoms with Crippen molar-refractivity contribution in [1.82, 2.24) is 10.2 Å². The molecular weight excluding hydrogens is 479 g/mol. The van der Waals surface area contributed by atoms with Gasteiger partial charge in [-0.05, 0) is 24.6 Å². The van der Waals surface area contributed by atoms with Crippen molar-refractivity contribution in [3.8, 4) is 5.75 Å². The molecule has 0 radical (unpaired) electrons. The lowest BCUT2D eigenvalue weighted by Crippen LogP contribution is -2.72. The predicted molar refractivity (Wildman–Crippen MR) is 111 cm³/mol. The topological polar surface area (TPSA) is 102 Å². The third kappa shape index (κ3) is 4.59. The van der Waals surface area contributed by atoms with Crippen molar-refractivity contribution >= 4 is 63.4 Å². The van der Waals surface area contributed by atoms with Crippen LogP contribution < -0.4 is 10.1 Å². The molecule has 2 aliphatic rings. The predicted octanol–water partition coefficient (Wildman–Crippen LogP) is 2.01. The Morgan fingerprint density at radius 3 is 2.43 bits per heavy atom. The maximum Gasteiger partial charge on any atom is 0.355 e. The molecule has 12 heteroatoms. The smallest absolute Gasteiger partial charge is 0.355 e. The molecule has 1 N–H and O–H groups in total. The van der Waals surface area contributed by atoms with Gasteiger partial charge in [0.25, 0.3) is 5.91 Å². The van der Waals surface area contributed by atoms with E-state index in [9.17, 15) is 18.6 Å². The van der Waals surface area contributed by atoms with Gasteiger partial charge in [0.15, 0.2) is 5.37 Å². The molecule has 0 aromatic heterocycles. The highest BCUT2D eigenvalue weighted by atomic mass is 35.6. The number of carbonyl (C=O) groups is 3. The number of para-hydroxylation sites is 1. The zero-order valence-corrected chi connectivity index (χ0v) is 18.8. The number of hydrogen-bond acceptors (Lipinski definition) is 6. The van der Waals surface area contributed by atoms with E-state index in [0.717, 1.165) is 4.90 Å². The largest absolute Gasteiger partial charge is 0.477 e. The summed E-state index contributed by atoms with van der Waals surface area (Å²) in [5, 5.41) is 0.521. The minimum Gasteiger partial charge on any atom is -0.477 e. The highest BCUT2D eigenvalue weighted by molar-refractivity contribution is 7.86. The highest BCUT2D eigenvalue weighted by Gasteiger charge is 2.60. The maximum atomic E-state index is 13.1. The average Bonchev–Trinajstić information content (AvgIpc) is 2.67. The summed E-state index contributed by atoms with van der Waals surface area (Å²) in [4.78, 5) is 38.2. The first-order valence-corrected chi connectivity index (χ1v) is 11.1. The summed E-state index contributed by atoms with van der Waals surface area (Å²) < 4.78 is 22.0. The van der Waals surface area contributed by atoms with Crippen LogP contribution in [0.1, 0.15) is 13.8 Å². The lowest BCUT2D eigenvalue weighted by atomic mass is 10.0. The first-order valence-electron chi connectivity index (χ1n) is 8.67. The number of rotatable bonds is 5. The molecule has 3 rings (SSSR count). The summed E-state index contributed by atoms with van der Waals surface area (Å²) >= 11 is 16.9. The van der Waals surface area contributed by atoms with Crippen molar-refractivity contribution < 1.29 is 28.1 Å². The van der Waals surface area contributed by atoms with Gasteiger partial charge >= 0.3 is 5.97 Å². The third-order valence-electron chi connectivity index (χ3n) is 4.37. The van der Waals surface area contributed by atoms with Crippen LogP contribution in [-0.4, -0.2) is 54.1 Å². The van der Waals surface area contributed by atoms with Gasteiger partial charge in [-0.1, -0.05) is 53.0 Å². The number of halogens is 3. The Morgan fingerprint density at radius 1 is 1.23 bits per heavy atom. The molecule has 0 spiro atoms. The van der Waals surface area contributed by atoms with E-state index in [4.69, 9.17) is 44.3 Å². The molecule has 4 atom stereocenters.